The van der Waals surface area contributed by atoms with Gasteiger partial charge < -0.3 is 14.2 Å². The summed E-state index contributed by atoms with van der Waals surface area (Å²) in [6.45, 7) is 9.56. The topological polar surface area (TPSA) is 27.7 Å². The minimum Gasteiger partial charge on any atom is -0.486 e. The van der Waals surface area contributed by atoms with E-state index in [4.69, 9.17) is 14.2 Å². The van der Waals surface area contributed by atoms with Gasteiger partial charge in [-0.15, -0.1) is 0 Å². The number of rotatable bonds is 2. The van der Waals surface area contributed by atoms with Gasteiger partial charge in [0.25, 0.3) is 0 Å². The molecule has 0 radical (unpaired) electrons. The van der Waals surface area contributed by atoms with Gasteiger partial charge in [0, 0.05) is 6.42 Å². The lowest BCUT2D eigenvalue weighted by atomic mass is 9.88. The van der Waals surface area contributed by atoms with Gasteiger partial charge in [0.15, 0.2) is 11.5 Å². The van der Waals surface area contributed by atoms with Gasteiger partial charge in [-0.25, -0.2) is 0 Å². The Morgan fingerprint density at radius 2 is 1.58 bits per heavy atom. The second-order valence-corrected chi connectivity index (χ2v) is 6.15. The zero-order valence-electron chi connectivity index (χ0n) is 13.5. The van der Waals surface area contributed by atoms with Crippen LogP contribution in [0.4, 0.5) is 0 Å². The predicted octanol–water partition coefficient (Wildman–Crippen LogP) is 4.77. The summed E-state index contributed by atoms with van der Waals surface area (Å²) in [6.07, 6.45) is 0.541. The Kier molecular flexibility index (Phi) is 3.87. The molecule has 4 rings (SSSR count). The zero-order valence-corrected chi connectivity index (χ0v) is 13.5. The first kappa shape index (κ1) is 15.0. The van der Waals surface area contributed by atoms with Crippen LogP contribution in [0.2, 0.25) is 0 Å². The molecule has 0 aromatic heterocycles. The van der Waals surface area contributed by atoms with Crippen molar-refractivity contribution in [3.05, 3.63) is 84.0 Å². The number of fused-ring (bicyclic) bond motifs is 1. The molecule has 1 saturated heterocycles. The Bertz CT molecular complexity index is 779. The molecule has 0 bridgehead atoms. The molecule has 2 aromatic carbocycles. The molecule has 3 heteroatoms. The lowest BCUT2D eigenvalue weighted by Gasteiger charge is -2.34. The summed E-state index contributed by atoms with van der Waals surface area (Å²) in [4.78, 5) is 0. The van der Waals surface area contributed by atoms with Gasteiger partial charge in [-0.2, -0.15) is 0 Å². The van der Waals surface area contributed by atoms with Crippen LogP contribution in [0.5, 0.6) is 11.5 Å². The van der Waals surface area contributed by atoms with E-state index in [2.05, 4.69) is 25.3 Å². The van der Waals surface area contributed by atoms with E-state index in [1.807, 2.05) is 36.4 Å². The van der Waals surface area contributed by atoms with E-state index in [-0.39, 0.29) is 12.2 Å². The first-order chi connectivity index (χ1) is 11.7. The van der Waals surface area contributed by atoms with E-state index < -0.39 is 0 Å². The molecule has 0 saturated carbocycles. The maximum atomic E-state index is 6.38. The van der Waals surface area contributed by atoms with Gasteiger partial charge in [-0.05, 0) is 34.4 Å². The van der Waals surface area contributed by atoms with Crippen LogP contribution in [0.3, 0.4) is 0 Å². The van der Waals surface area contributed by atoms with Crippen LogP contribution in [0.1, 0.15) is 29.8 Å². The lowest BCUT2D eigenvalue weighted by Crippen LogP contribution is -2.20. The van der Waals surface area contributed by atoms with E-state index in [0.29, 0.717) is 13.2 Å². The van der Waals surface area contributed by atoms with Gasteiger partial charge in [0.05, 0.1) is 6.10 Å². The Morgan fingerprint density at radius 3 is 2.38 bits per heavy atom. The van der Waals surface area contributed by atoms with Gasteiger partial charge >= 0.3 is 0 Å². The van der Waals surface area contributed by atoms with Crippen molar-refractivity contribution in [3.8, 4) is 11.5 Å². The quantitative estimate of drug-likeness (QED) is 0.797. The van der Waals surface area contributed by atoms with E-state index in [9.17, 15) is 0 Å². The monoisotopic (exact) mass is 320 g/mol. The fourth-order valence-electron chi connectivity index (χ4n) is 3.20. The van der Waals surface area contributed by atoms with E-state index in [1.165, 1.54) is 0 Å². The third-order valence-corrected chi connectivity index (χ3v) is 4.54. The summed E-state index contributed by atoms with van der Waals surface area (Å²) < 4.78 is 17.7. The molecule has 2 aliphatic rings. The van der Waals surface area contributed by atoms with Crippen LogP contribution < -0.4 is 9.47 Å². The second kappa shape index (κ2) is 6.17. The van der Waals surface area contributed by atoms with Crippen molar-refractivity contribution >= 4 is 0 Å². The smallest absolute Gasteiger partial charge is 0.161 e. The Morgan fingerprint density at radius 1 is 0.833 bits per heavy atom. The zero-order chi connectivity index (χ0) is 16.5. The number of hydrogen-bond donors (Lipinski definition) is 0. The highest BCUT2D eigenvalue weighted by Crippen LogP contribution is 2.45. The molecule has 3 nitrogen and oxygen atoms in total. The van der Waals surface area contributed by atoms with Crippen LogP contribution >= 0.6 is 0 Å². The maximum absolute atomic E-state index is 6.38. The molecule has 0 amide bonds. The van der Waals surface area contributed by atoms with Crippen LogP contribution in [0, 0.1) is 0 Å². The molecule has 2 unspecified atom stereocenters. The van der Waals surface area contributed by atoms with Crippen molar-refractivity contribution in [2.75, 3.05) is 13.2 Å². The lowest BCUT2D eigenvalue weighted by molar-refractivity contribution is -0.00802. The third kappa shape index (κ3) is 2.72. The molecule has 122 valence electrons. The SMILES string of the molecule is C=C1CC(c2ccccc2)OC(c2ccc3c(c2)OCCO3)C1=C. The Labute approximate surface area is 142 Å². The summed E-state index contributed by atoms with van der Waals surface area (Å²) in [6, 6.07) is 16.2. The molecule has 2 heterocycles. The van der Waals surface area contributed by atoms with E-state index in [0.717, 1.165) is 40.2 Å². The molecular formula is C21H20O3. The first-order valence-corrected chi connectivity index (χ1v) is 8.19. The summed E-state index contributed by atoms with van der Waals surface area (Å²) in [5, 5.41) is 0. The summed E-state index contributed by atoms with van der Waals surface area (Å²) >= 11 is 0. The fourth-order valence-corrected chi connectivity index (χ4v) is 3.20. The number of hydrogen-bond acceptors (Lipinski definition) is 3. The molecule has 24 heavy (non-hydrogen) atoms. The molecule has 0 N–H and O–H groups in total. The summed E-state index contributed by atoms with van der Waals surface area (Å²) in [7, 11) is 0. The summed E-state index contributed by atoms with van der Waals surface area (Å²) in [5.74, 6) is 1.55. The van der Waals surface area contributed by atoms with Crippen molar-refractivity contribution in [1.82, 2.24) is 0 Å². The van der Waals surface area contributed by atoms with Crippen LogP contribution in [-0.2, 0) is 4.74 Å². The highest BCUT2D eigenvalue weighted by Gasteiger charge is 2.30. The Hall–Kier alpha value is -2.52. The minimum absolute atomic E-state index is 0.0117. The van der Waals surface area contributed by atoms with Gasteiger partial charge in [-0.1, -0.05) is 49.6 Å². The minimum atomic E-state index is -0.215. The van der Waals surface area contributed by atoms with Gasteiger partial charge in [0.1, 0.15) is 19.3 Å². The van der Waals surface area contributed by atoms with Gasteiger partial charge in [-0.3, -0.25) is 0 Å². The molecule has 2 atom stereocenters. The van der Waals surface area contributed by atoms with Crippen molar-refractivity contribution in [2.24, 2.45) is 0 Å². The van der Waals surface area contributed by atoms with Crippen LogP contribution in [0.25, 0.3) is 0 Å². The van der Waals surface area contributed by atoms with Crippen molar-refractivity contribution in [3.63, 3.8) is 0 Å². The number of ether oxygens (including phenoxy) is 3. The maximum Gasteiger partial charge on any atom is 0.161 e. The van der Waals surface area contributed by atoms with E-state index in [1.54, 1.807) is 0 Å². The van der Waals surface area contributed by atoms with Crippen molar-refractivity contribution < 1.29 is 14.2 Å². The molecule has 2 aliphatic heterocycles. The van der Waals surface area contributed by atoms with Crippen LogP contribution in [0.15, 0.2) is 72.8 Å². The van der Waals surface area contributed by atoms with Crippen molar-refractivity contribution in [2.45, 2.75) is 18.6 Å². The highest BCUT2D eigenvalue weighted by atomic mass is 16.6. The molecule has 2 aromatic rings. The second-order valence-electron chi connectivity index (χ2n) is 6.15. The molecule has 0 aliphatic carbocycles. The normalized spacial score (nSPS) is 23.2. The molecule has 1 fully saturated rings. The average molecular weight is 320 g/mol. The van der Waals surface area contributed by atoms with Crippen molar-refractivity contribution in [1.29, 1.82) is 0 Å². The van der Waals surface area contributed by atoms with E-state index >= 15 is 0 Å². The Balaban J connectivity index is 1.65. The number of benzene rings is 2. The largest absolute Gasteiger partial charge is 0.486 e. The first-order valence-electron chi connectivity index (χ1n) is 8.19. The fraction of sp³-hybridized carbons (Fsp3) is 0.238. The molecule has 0 spiro atoms. The average Bonchev–Trinajstić information content (AvgIpc) is 2.64. The third-order valence-electron chi connectivity index (χ3n) is 4.54. The predicted molar refractivity (Wildman–Crippen MR) is 93.3 cm³/mol. The summed E-state index contributed by atoms with van der Waals surface area (Å²) in [5.41, 5.74) is 4.15. The highest BCUT2D eigenvalue weighted by molar-refractivity contribution is 5.48. The van der Waals surface area contributed by atoms with Crippen LogP contribution in [-0.4, -0.2) is 13.2 Å². The standard InChI is InChI=1S/C21H20O3/c1-14-12-19(16-6-4-3-5-7-16)24-21(15(14)2)17-8-9-18-20(13-17)23-11-10-22-18/h3-9,13,19,21H,1-2,10-12H2. The van der Waals surface area contributed by atoms with Gasteiger partial charge in [0.2, 0.25) is 0 Å². The molecular weight excluding hydrogens is 300 g/mol.